The molecule has 0 saturated heterocycles. The lowest BCUT2D eigenvalue weighted by atomic mass is 10.00. The molecule has 3 heterocycles. The van der Waals surface area contributed by atoms with Gasteiger partial charge < -0.3 is 10.1 Å². The minimum atomic E-state index is -4.48. The summed E-state index contributed by atoms with van der Waals surface area (Å²) in [5, 5.41) is 6.93. The van der Waals surface area contributed by atoms with Crippen LogP contribution in [0.4, 0.5) is 26.3 Å². The van der Waals surface area contributed by atoms with Crippen molar-refractivity contribution in [3.8, 4) is 5.75 Å². The average molecular weight is 462 g/mol. The van der Waals surface area contributed by atoms with Gasteiger partial charge in [-0.2, -0.15) is 31.4 Å². The number of carbonyl (C=O) groups is 1. The summed E-state index contributed by atoms with van der Waals surface area (Å²) >= 11 is 0. The number of amides is 1. The van der Waals surface area contributed by atoms with Gasteiger partial charge in [0.15, 0.2) is 5.69 Å². The van der Waals surface area contributed by atoms with E-state index < -0.39 is 36.3 Å². The van der Waals surface area contributed by atoms with E-state index in [4.69, 9.17) is 4.74 Å². The number of hydrogen-bond donors (Lipinski definition) is 1. The van der Waals surface area contributed by atoms with Crippen molar-refractivity contribution >= 4 is 5.91 Å². The zero-order valence-corrected chi connectivity index (χ0v) is 16.8. The molecule has 0 aliphatic carbocycles. The first-order valence-electron chi connectivity index (χ1n) is 9.97. The van der Waals surface area contributed by atoms with Crippen molar-refractivity contribution in [2.24, 2.45) is 0 Å². The molecule has 32 heavy (non-hydrogen) atoms. The molecule has 2 aliphatic rings. The summed E-state index contributed by atoms with van der Waals surface area (Å²) in [5.41, 5.74) is 0.292. The van der Waals surface area contributed by atoms with E-state index in [0.29, 0.717) is 30.1 Å². The number of halogens is 6. The predicted octanol–water partition coefficient (Wildman–Crippen LogP) is 3.40. The number of rotatable bonds is 4. The third kappa shape index (κ3) is 5.17. The molecule has 0 spiro atoms. The van der Waals surface area contributed by atoms with E-state index in [-0.39, 0.29) is 31.8 Å². The largest absolute Gasteiger partial charge is 0.491 e. The summed E-state index contributed by atoms with van der Waals surface area (Å²) in [7, 11) is 0. The zero-order chi connectivity index (χ0) is 23.1. The Labute approximate surface area is 179 Å². The SMILES string of the molecule is O=C(N[C@H]1COc2ccc(C(F)(F)F)cc2C1)c1cc2n(n1)CCN(CCC(F)(F)F)C2. The molecule has 1 atom stereocenters. The van der Waals surface area contributed by atoms with Crippen molar-refractivity contribution in [1.29, 1.82) is 0 Å². The summed E-state index contributed by atoms with van der Waals surface area (Å²) in [6, 6.07) is 4.21. The molecule has 1 amide bonds. The Balaban J connectivity index is 1.38. The molecule has 1 aromatic carbocycles. The number of carbonyl (C=O) groups excluding carboxylic acids is 1. The van der Waals surface area contributed by atoms with Crippen molar-refractivity contribution < 1.29 is 35.9 Å². The summed E-state index contributed by atoms with van der Waals surface area (Å²) in [4.78, 5) is 14.3. The molecule has 174 valence electrons. The number of benzene rings is 1. The van der Waals surface area contributed by atoms with Crippen molar-refractivity contribution in [2.45, 2.75) is 44.3 Å². The first-order valence-corrected chi connectivity index (χ1v) is 9.97. The number of alkyl halides is 6. The van der Waals surface area contributed by atoms with Crippen LogP contribution in [0.25, 0.3) is 0 Å². The highest BCUT2D eigenvalue weighted by Crippen LogP contribution is 2.34. The molecular formula is C20H20F6N4O2. The van der Waals surface area contributed by atoms with Crippen molar-refractivity contribution in [2.75, 3.05) is 19.7 Å². The van der Waals surface area contributed by atoms with Crippen LogP contribution >= 0.6 is 0 Å². The Kier molecular flexibility index (Phi) is 5.82. The maximum absolute atomic E-state index is 13.0. The van der Waals surface area contributed by atoms with E-state index >= 15 is 0 Å². The number of ether oxygens (including phenoxy) is 1. The van der Waals surface area contributed by atoms with Crippen LogP contribution in [0.2, 0.25) is 0 Å². The lowest BCUT2D eigenvalue weighted by molar-refractivity contribution is -0.139. The second-order valence-corrected chi connectivity index (χ2v) is 7.89. The van der Waals surface area contributed by atoms with Gasteiger partial charge in [-0.05, 0) is 36.2 Å². The second kappa shape index (κ2) is 8.30. The highest BCUT2D eigenvalue weighted by Gasteiger charge is 2.33. The van der Waals surface area contributed by atoms with E-state index in [1.54, 1.807) is 9.58 Å². The molecule has 0 unspecified atom stereocenters. The topological polar surface area (TPSA) is 59.4 Å². The Hall–Kier alpha value is -2.76. The van der Waals surface area contributed by atoms with Gasteiger partial charge >= 0.3 is 12.4 Å². The fraction of sp³-hybridized carbons (Fsp3) is 0.500. The van der Waals surface area contributed by atoms with Gasteiger partial charge in [-0.1, -0.05) is 0 Å². The van der Waals surface area contributed by atoms with Gasteiger partial charge in [-0.3, -0.25) is 14.4 Å². The molecule has 0 radical (unpaired) electrons. The van der Waals surface area contributed by atoms with Gasteiger partial charge in [-0.25, -0.2) is 0 Å². The first kappa shape index (κ1) is 22.4. The van der Waals surface area contributed by atoms with Crippen LogP contribution in [0.15, 0.2) is 24.3 Å². The Bertz CT molecular complexity index is 1000. The molecule has 0 saturated carbocycles. The van der Waals surface area contributed by atoms with Gasteiger partial charge in [0.25, 0.3) is 5.91 Å². The summed E-state index contributed by atoms with van der Waals surface area (Å²) in [6.45, 7) is 0.968. The monoisotopic (exact) mass is 462 g/mol. The molecule has 1 aromatic heterocycles. The molecule has 4 rings (SSSR count). The molecule has 6 nitrogen and oxygen atoms in total. The highest BCUT2D eigenvalue weighted by atomic mass is 19.4. The van der Waals surface area contributed by atoms with Gasteiger partial charge in [-0.15, -0.1) is 0 Å². The number of nitrogens with zero attached hydrogens (tertiary/aromatic N) is 3. The number of hydrogen-bond acceptors (Lipinski definition) is 4. The van der Waals surface area contributed by atoms with E-state index in [2.05, 4.69) is 10.4 Å². The molecule has 12 heteroatoms. The highest BCUT2D eigenvalue weighted by molar-refractivity contribution is 5.92. The summed E-state index contributed by atoms with van der Waals surface area (Å²) < 4.78 is 83.3. The summed E-state index contributed by atoms with van der Waals surface area (Å²) in [5.74, 6) is -0.169. The van der Waals surface area contributed by atoms with Gasteiger partial charge in [0.05, 0.1) is 30.3 Å². The van der Waals surface area contributed by atoms with Crippen molar-refractivity contribution in [3.05, 3.63) is 46.8 Å². The Morgan fingerprint density at radius 3 is 2.66 bits per heavy atom. The van der Waals surface area contributed by atoms with Crippen LogP contribution in [0.3, 0.4) is 0 Å². The first-order chi connectivity index (χ1) is 15.0. The lowest BCUT2D eigenvalue weighted by Crippen LogP contribution is -2.43. The standard InChI is InChI=1S/C20H20F6N4O2/c21-19(22,23)3-4-29-5-6-30-15(10-29)9-16(28-30)18(31)27-14-8-12-7-13(20(24,25)26)1-2-17(12)32-11-14/h1-2,7,9,14H,3-6,8,10-11H2,(H,27,31)/t14-/m1/s1. The van der Waals surface area contributed by atoms with Crippen LogP contribution in [-0.2, 0) is 25.7 Å². The molecule has 2 aliphatic heterocycles. The van der Waals surface area contributed by atoms with Gasteiger partial charge in [0.1, 0.15) is 12.4 Å². The molecule has 0 fully saturated rings. The number of fused-ring (bicyclic) bond motifs is 2. The van der Waals surface area contributed by atoms with Gasteiger partial charge in [0.2, 0.25) is 0 Å². The van der Waals surface area contributed by atoms with Crippen LogP contribution in [0.5, 0.6) is 5.75 Å². The lowest BCUT2D eigenvalue weighted by Gasteiger charge is -2.27. The van der Waals surface area contributed by atoms with E-state index in [1.165, 1.54) is 12.1 Å². The van der Waals surface area contributed by atoms with Crippen LogP contribution < -0.4 is 10.1 Å². The minimum Gasteiger partial charge on any atom is -0.491 e. The molecular weight excluding hydrogens is 442 g/mol. The van der Waals surface area contributed by atoms with Crippen molar-refractivity contribution in [3.63, 3.8) is 0 Å². The normalized spacial score (nSPS) is 19.1. The van der Waals surface area contributed by atoms with Crippen LogP contribution in [-0.4, -0.2) is 52.5 Å². The maximum Gasteiger partial charge on any atom is 0.416 e. The van der Waals surface area contributed by atoms with Crippen molar-refractivity contribution in [1.82, 2.24) is 20.0 Å². The van der Waals surface area contributed by atoms with Crippen LogP contribution in [0, 0.1) is 0 Å². The fourth-order valence-corrected chi connectivity index (χ4v) is 3.83. The van der Waals surface area contributed by atoms with Crippen LogP contribution in [0.1, 0.15) is 33.7 Å². The summed E-state index contributed by atoms with van der Waals surface area (Å²) in [6.07, 6.45) is -9.45. The van der Waals surface area contributed by atoms with E-state index in [0.717, 1.165) is 12.1 Å². The Morgan fingerprint density at radius 2 is 1.94 bits per heavy atom. The quantitative estimate of drug-likeness (QED) is 0.708. The smallest absolute Gasteiger partial charge is 0.416 e. The number of nitrogens with one attached hydrogen (secondary N) is 1. The second-order valence-electron chi connectivity index (χ2n) is 7.89. The Morgan fingerprint density at radius 1 is 1.16 bits per heavy atom. The van der Waals surface area contributed by atoms with E-state index in [1.807, 2.05) is 0 Å². The minimum absolute atomic E-state index is 0.100. The third-order valence-electron chi connectivity index (χ3n) is 5.45. The maximum atomic E-state index is 13.0. The van der Waals surface area contributed by atoms with Gasteiger partial charge in [0, 0.05) is 19.6 Å². The fourth-order valence-electron chi connectivity index (χ4n) is 3.83. The zero-order valence-electron chi connectivity index (χ0n) is 16.8. The average Bonchev–Trinajstić information content (AvgIpc) is 3.14. The van der Waals surface area contributed by atoms with E-state index in [9.17, 15) is 31.1 Å². The number of aromatic nitrogens is 2. The molecule has 2 aromatic rings. The predicted molar refractivity (Wildman–Crippen MR) is 100 cm³/mol. The molecule has 1 N–H and O–H groups in total. The third-order valence-corrected chi connectivity index (χ3v) is 5.45. The molecule has 0 bridgehead atoms.